The van der Waals surface area contributed by atoms with Crippen LogP contribution in [0.3, 0.4) is 0 Å². The molecule has 13 heteroatoms. The van der Waals surface area contributed by atoms with E-state index in [1.807, 2.05) is 237 Å². The Bertz CT molecular complexity index is 7460. The van der Waals surface area contributed by atoms with Crippen molar-refractivity contribution in [2.75, 3.05) is 0 Å². The van der Waals surface area contributed by atoms with E-state index in [4.69, 9.17) is 17.7 Å². The quantitative estimate of drug-likeness (QED) is 0.138. The fourth-order valence-electron chi connectivity index (χ4n) is 16.9. The first kappa shape index (κ1) is 90.6. The van der Waals surface area contributed by atoms with Gasteiger partial charge in [-0.3, -0.25) is 19.9 Å². The van der Waals surface area contributed by atoms with Gasteiger partial charge in [0.15, 0.2) is 11.2 Å². The Morgan fingerprint density at radius 1 is 0.257 bits per heavy atom. The lowest BCUT2D eigenvalue weighted by Gasteiger charge is -2.34. The Labute approximate surface area is 810 Å². The van der Waals surface area contributed by atoms with Gasteiger partial charge in [0, 0.05) is 99.7 Å². The third-order valence-electron chi connectivity index (χ3n) is 23.9. The van der Waals surface area contributed by atoms with Crippen LogP contribution < -0.4 is 0 Å². The maximum Gasteiger partial charge on any atom is 0.172 e. The number of nitrogens with one attached hydrogen (secondary N) is 2. The van der Waals surface area contributed by atoms with Gasteiger partial charge in [-0.15, -0.1) is 0 Å². The predicted octanol–water partition coefficient (Wildman–Crippen LogP) is 33.0. The summed E-state index contributed by atoms with van der Waals surface area (Å²) in [5.41, 5.74) is 24.0. The molecule has 13 nitrogen and oxygen atoms in total. The third-order valence-corrected chi connectivity index (χ3v) is 23.9. The summed E-state index contributed by atoms with van der Waals surface area (Å²) in [4.78, 5) is 36.3. The van der Waals surface area contributed by atoms with Crippen LogP contribution in [0, 0.1) is 5.92 Å². The van der Waals surface area contributed by atoms with Crippen molar-refractivity contribution < 1.29 is 17.7 Å². The zero-order valence-corrected chi connectivity index (χ0v) is 76.8. The molecule has 2 N–H and O–H groups in total. The number of nitrogens with zero attached hydrogens (tertiary/aromatic N) is 7. The lowest BCUT2D eigenvalue weighted by atomic mass is 9.69. The monoisotopic (exact) mass is 1810 g/mol. The Hall–Kier alpha value is -18.6. The number of benzene rings is 14. The molecule has 1 atom stereocenters. The first-order valence-electron chi connectivity index (χ1n) is 46.6. The van der Waals surface area contributed by atoms with E-state index in [1.54, 1.807) is 49.6 Å². The molecule has 31 rings (SSSR count). The number of aromatic nitrogens is 9. The minimum absolute atomic E-state index is 0.509. The van der Waals surface area contributed by atoms with Crippen LogP contribution >= 0.6 is 0 Å². The van der Waals surface area contributed by atoms with Gasteiger partial charge in [-0.1, -0.05) is 322 Å². The Kier molecular flexibility index (Phi) is 29.7. The largest absolute Gasteiger partial charge is 0.465 e. The van der Waals surface area contributed by atoms with E-state index in [2.05, 4.69) is 294 Å². The molecule has 14 aromatic carbocycles. The van der Waals surface area contributed by atoms with Crippen molar-refractivity contribution in [2.24, 2.45) is 5.92 Å². The summed E-state index contributed by atoms with van der Waals surface area (Å²) in [6.07, 6.45) is 51.3. The number of allylic oxidation sites excluding steroid dienone is 16. The number of fused-ring (bicyclic) bond motifs is 15. The molecule has 0 bridgehead atoms. The average Bonchev–Trinajstić information content (AvgIpc) is 0.751. The Morgan fingerprint density at radius 2 is 0.700 bits per heavy atom. The molecule has 0 aliphatic heterocycles. The third kappa shape index (κ3) is 23.4. The van der Waals surface area contributed by atoms with Crippen LogP contribution in [0.1, 0.15) is 29.0 Å². The van der Waals surface area contributed by atoms with Crippen LogP contribution in [0.4, 0.5) is 0 Å². The number of rotatable bonds is 0. The molecule has 0 saturated carbocycles. The highest BCUT2D eigenvalue weighted by Crippen LogP contribution is 2.46. The van der Waals surface area contributed by atoms with Crippen molar-refractivity contribution in [1.82, 2.24) is 44.9 Å². The second-order valence-corrected chi connectivity index (χ2v) is 33.1. The summed E-state index contributed by atoms with van der Waals surface area (Å²) in [7, 11) is 0. The van der Waals surface area contributed by atoms with Crippen LogP contribution in [0.25, 0.3) is 154 Å². The average molecular weight is 1810 g/mol. The second kappa shape index (κ2) is 45.9. The molecule has 0 radical (unpaired) electrons. The van der Waals surface area contributed by atoms with Gasteiger partial charge < -0.3 is 27.6 Å². The van der Waals surface area contributed by atoms with E-state index < -0.39 is 0 Å². The van der Waals surface area contributed by atoms with Gasteiger partial charge in [0.1, 0.15) is 11.3 Å². The molecule has 140 heavy (non-hydrogen) atoms. The maximum absolute atomic E-state index is 5.12. The number of aromatic amines is 2. The lowest BCUT2D eigenvalue weighted by Crippen LogP contribution is -2.20. The summed E-state index contributed by atoms with van der Waals surface area (Å²) < 4.78 is 20.1. The van der Waals surface area contributed by atoms with Gasteiger partial charge in [-0.05, 0) is 235 Å². The fraction of sp³-hybridized carbons (Fsp3) is 0.0315. The molecule has 11 aromatic heterocycles. The summed E-state index contributed by atoms with van der Waals surface area (Å²) in [6.45, 7) is 0. The standard InChI is InChI=1S/C16H12.C14H10.C13H9N.C12H8N2.C10H8.2C9H7N.C8H6N2.C8H7N.C8H6O.C7H7N.C7H6O.C6H4O2/c1-3-11-7-9-13-5-2-6-14-10-8-12(4-1)15(11)16(13)14;1-2-6-12-10-14-8-4-3-7-13(14)9-11(12)5-1;1-3-7-12-10(5-1)9-11-6-2-4-8-13(11)14-12;1-2-6-10-9(5-1)13-11-7-3-4-8-12(11)14-10;1-2-6-10-8-4-3-7-9(10)5-1;1-2-6-9-8(4-1)5-3-7-10-9;1-2-4-9-7-10-6-5-8(9)3-1;1-2-4-8-7(3-1)9-5-6-10-8;2*1-2-4-8-7(3-1)5-6-9-8;2*1-2-6-4-5-8-7(6)3-1;1-3-7-6-2-4-8-5(1)6/h1-5,7-10,15H,6H2;1-10H;1-9H;1-8H;1-8H;2*1-7H;1-6H;1-6,9H;1-6H;1,3-5,8H,2H2;1,3-5H,2H2;1-4H. The molecule has 11 heterocycles. The molecule has 0 amide bonds. The van der Waals surface area contributed by atoms with Crippen molar-refractivity contribution in [2.45, 2.75) is 19.3 Å². The molecule has 6 aliphatic rings. The first-order valence-corrected chi connectivity index (χ1v) is 46.6. The summed E-state index contributed by atoms with van der Waals surface area (Å²) >= 11 is 0. The van der Waals surface area contributed by atoms with Gasteiger partial charge >= 0.3 is 0 Å². The smallest absolute Gasteiger partial charge is 0.172 e. The highest BCUT2D eigenvalue weighted by molar-refractivity contribution is 5.98. The molecule has 674 valence electrons. The second-order valence-electron chi connectivity index (χ2n) is 33.1. The van der Waals surface area contributed by atoms with Crippen molar-refractivity contribution in [3.63, 3.8) is 0 Å². The number of hydrogen-bond donors (Lipinski definition) is 2. The van der Waals surface area contributed by atoms with E-state index in [0.29, 0.717) is 5.92 Å². The molecule has 6 aliphatic carbocycles. The van der Waals surface area contributed by atoms with Gasteiger partial charge in [-0.2, -0.15) is 0 Å². The number of H-pyrrole nitrogens is 2. The Balaban J connectivity index is 0.0000000972. The molecule has 0 saturated heterocycles. The van der Waals surface area contributed by atoms with Crippen molar-refractivity contribution in [1.29, 1.82) is 0 Å². The van der Waals surface area contributed by atoms with Gasteiger partial charge in [-0.25, -0.2) is 15.0 Å². The minimum atomic E-state index is 0.509. The molecule has 1 unspecified atom stereocenters. The van der Waals surface area contributed by atoms with Gasteiger partial charge in [0.25, 0.3) is 0 Å². The van der Waals surface area contributed by atoms with Crippen LogP contribution in [0.15, 0.2) is 569 Å². The molecule has 0 fully saturated rings. The van der Waals surface area contributed by atoms with E-state index in [1.165, 1.54) is 115 Å². The maximum atomic E-state index is 5.12. The molecular weight excluding hydrogens is 1720 g/mol. The SMILES string of the molecule is C1=CC2=CC=C3CC=CC4=C3C2C(=C1)C=C4.C1=Cc2[nH]ccc2C1.C1=Cc2occc2C1.c1cc2occc2o1.c1ccc2[nH]ccc2c1.c1ccc2cc3ccccc3cc2c1.c1ccc2ccccc2c1.c1ccc2cnccc2c1.c1ccc2nc3ccccc3cc2c1.c1ccc2nc3ccccc3nc2c1.c1ccc2ncccc2c1.c1ccc2nccnc2c1.c1ccc2occc2c1. The van der Waals surface area contributed by atoms with Crippen LogP contribution in [0.2, 0.25) is 0 Å². The summed E-state index contributed by atoms with van der Waals surface area (Å²) in [6, 6.07) is 131. The summed E-state index contributed by atoms with van der Waals surface area (Å²) in [5, 5.41) is 16.4. The van der Waals surface area contributed by atoms with Crippen LogP contribution in [-0.2, 0) is 12.8 Å². The van der Waals surface area contributed by atoms with Crippen molar-refractivity contribution >= 4 is 154 Å². The van der Waals surface area contributed by atoms with Crippen LogP contribution in [0.5, 0.6) is 0 Å². The van der Waals surface area contributed by atoms with E-state index in [-0.39, 0.29) is 0 Å². The van der Waals surface area contributed by atoms with Gasteiger partial charge in [0.2, 0.25) is 0 Å². The van der Waals surface area contributed by atoms with E-state index in [0.717, 1.165) is 96.8 Å². The zero-order chi connectivity index (χ0) is 94.3. The summed E-state index contributed by atoms with van der Waals surface area (Å²) in [5.74, 6) is 1.54. The molecular formula is C127H97N9O4. The van der Waals surface area contributed by atoms with Crippen LogP contribution in [-0.4, -0.2) is 44.9 Å². The fourth-order valence-corrected chi connectivity index (χ4v) is 16.9. The number of pyridine rings is 3. The lowest BCUT2D eigenvalue weighted by molar-refractivity contribution is 0.556. The normalized spacial score (nSPS) is 12.9. The number of furan rings is 4. The topological polar surface area (TPSA) is 174 Å². The predicted molar refractivity (Wildman–Crippen MR) is 579 cm³/mol. The molecule has 25 aromatic rings. The zero-order valence-electron chi connectivity index (χ0n) is 76.8. The number of hydrogen-bond acceptors (Lipinski definition) is 11. The number of para-hydroxylation sites is 11. The first-order chi connectivity index (χ1) is 69.4. The van der Waals surface area contributed by atoms with E-state index in [9.17, 15) is 0 Å². The van der Waals surface area contributed by atoms with Crippen molar-refractivity contribution in [3.8, 4) is 0 Å². The Morgan fingerprint density at radius 3 is 1.28 bits per heavy atom. The van der Waals surface area contributed by atoms with E-state index >= 15 is 0 Å². The van der Waals surface area contributed by atoms with Gasteiger partial charge in [0.05, 0.1) is 74.7 Å². The minimum Gasteiger partial charge on any atom is -0.465 e. The van der Waals surface area contributed by atoms with Crippen molar-refractivity contribution in [3.05, 3.63) is 574 Å². The highest BCUT2D eigenvalue weighted by atomic mass is 16.4. The highest BCUT2D eigenvalue weighted by Gasteiger charge is 2.31. The molecule has 0 spiro atoms.